The normalized spacial score (nSPS) is 16.9. The maximum atomic E-state index is 11.7. The van der Waals surface area contributed by atoms with Crippen LogP contribution in [0.3, 0.4) is 0 Å². The lowest BCUT2D eigenvalue weighted by molar-refractivity contribution is -0.129. The van der Waals surface area contributed by atoms with E-state index in [1.807, 2.05) is 42.3 Å². The Bertz CT molecular complexity index is 607. The van der Waals surface area contributed by atoms with Crippen molar-refractivity contribution in [3.63, 3.8) is 0 Å². The lowest BCUT2D eigenvalue weighted by Crippen LogP contribution is -2.23. The van der Waals surface area contributed by atoms with Crippen LogP contribution < -0.4 is 5.73 Å². The fraction of sp³-hybridized carbons (Fsp3) is 0.350. The summed E-state index contributed by atoms with van der Waals surface area (Å²) in [5.41, 5.74) is 9.23. The monoisotopic (exact) mass is 310 g/mol. The SMILES string of the molecule is CN1CCC(Cc2ccc(CN)cc2)C1=O.Cc1ccccc1. The van der Waals surface area contributed by atoms with E-state index in [1.54, 1.807) is 0 Å². The van der Waals surface area contributed by atoms with Gasteiger partial charge in [-0.05, 0) is 30.9 Å². The zero-order chi connectivity index (χ0) is 16.7. The summed E-state index contributed by atoms with van der Waals surface area (Å²) < 4.78 is 0. The Morgan fingerprint density at radius 2 is 1.65 bits per heavy atom. The number of carbonyl (C=O) groups is 1. The van der Waals surface area contributed by atoms with Crippen LogP contribution in [0.15, 0.2) is 54.6 Å². The lowest BCUT2D eigenvalue weighted by atomic mass is 9.97. The molecule has 1 aliphatic rings. The minimum absolute atomic E-state index is 0.175. The van der Waals surface area contributed by atoms with Crippen LogP contribution in [0.1, 0.15) is 23.1 Å². The second kappa shape index (κ2) is 8.49. The number of hydrogen-bond donors (Lipinski definition) is 1. The molecule has 0 radical (unpaired) electrons. The number of nitrogens with two attached hydrogens (primary N) is 1. The molecule has 1 saturated heterocycles. The van der Waals surface area contributed by atoms with Crippen molar-refractivity contribution in [1.82, 2.24) is 4.90 Å². The highest BCUT2D eigenvalue weighted by Gasteiger charge is 2.28. The molecule has 23 heavy (non-hydrogen) atoms. The van der Waals surface area contributed by atoms with E-state index >= 15 is 0 Å². The highest BCUT2D eigenvalue weighted by Crippen LogP contribution is 2.21. The number of benzene rings is 2. The fourth-order valence-corrected chi connectivity index (χ4v) is 2.71. The summed E-state index contributed by atoms with van der Waals surface area (Å²) in [6.45, 7) is 3.55. The largest absolute Gasteiger partial charge is 0.345 e. The number of aryl methyl sites for hydroxylation is 1. The molecule has 1 atom stereocenters. The van der Waals surface area contributed by atoms with Gasteiger partial charge in [-0.2, -0.15) is 0 Å². The molecule has 122 valence electrons. The molecule has 2 N–H and O–H groups in total. The molecule has 3 nitrogen and oxygen atoms in total. The predicted octanol–water partition coefficient (Wildman–Crippen LogP) is 3.16. The van der Waals surface area contributed by atoms with Crippen LogP contribution in [0.2, 0.25) is 0 Å². The van der Waals surface area contributed by atoms with E-state index in [9.17, 15) is 4.79 Å². The van der Waals surface area contributed by atoms with E-state index in [4.69, 9.17) is 5.73 Å². The van der Waals surface area contributed by atoms with Gasteiger partial charge in [0.05, 0.1) is 0 Å². The van der Waals surface area contributed by atoms with Gasteiger partial charge in [0.2, 0.25) is 5.91 Å². The minimum atomic E-state index is 0.175. The summed E-state index contributed by atoms with van der Waals surface area (Å²) in [5, 5.41) is 0. The van der Waals surface area contributed by atoms with Crippen LogP contribution in [0.4, 0.5) is 0 Å². The summed E-state index contributed by atoms with van der Waals surface area (Å²) in [6.07, 6.45) is 1.84. The van der Waals surface area contributed by atoms with Crippen LogP contribution in [-0.2, 0) is 17.8 Å². The summed E-state index contributed by atoms with van der Waals surface area (Å²) in [6, 6.07) is 18.5. The van der Waals surface area contributed by atoms with E-state index in [0.29, 0.717) is 6.54 Å². The highest BCUT2D eigenvalue weighted by atomic mass is 16.2. The lowest BCUT2D eigenvalue weighted by Gasteiger charge is -2.10. The summed E-state index contributed by atoms with van der Waals surface area (Å²) in [4.78, 5) is 13.6. The van der Waals surface area contributed by atoms with Crippen molar-refractivity contribution >= 4 is 5.91 Å². The summed E-state index contributed by atoms with van der Waals surface area (Å²) in [5.74, 6) is 0.455. The third kappa shape index (κ3) is 5.22. The van der Waals surface area contributed by atoms with Crippen LogP contribution in [0, 0.1) is 12.8 Å². The quantitative estimate of drug-likeness (QED) is 0.946. The molecule has 2 aromatic carbocycles. The van der Waals surface area contributed by atoms with Gasteiger partial charge in [0.15, 0.2) is 0 Å². The number of carbonyl (C=O) groups excluding carboxylic acids is 1. The molecule has 3 heteroatoms. The molecular formula is C20H26N2O. The van der Waals surface area contributed by atoms with Crippen LogP contribution in [-0.4, -0.2) is 24.4 Å². The first-order chi connectivity index (χ1) is 11.1. The topological polar surface area (TPSA) is 46.3 Å². The standard InChI is InChI=1S/C13H18N2O.C7H8/c1-15-7-6-12(13(15)16)8-10-2-4-11(9-14)5-3-10;1-7-5-3-2-4-6-7/h2-5,12H,6-9,14H2,1H3;2-6H,1H3. The van der Waals surface area contributed by atoms with Gasteiger partial charge in [-0.25, -0.2) is 0 Å². The maximum absolute atomic E-state index is 11.7. The molecule has 0 aliphatic carbocycles. The Kier molecular flexibility index (Phi) is 6.36. The second-order valence-electron chi connectivity index (χ2n) is 6.12. The molecule has 1 fully saturated rings. The highest BCUT2D eigenvalue weighted by molar-refractivity contribution is 5.80. The first-order valence-corrected chi connectivity index (χ1v) is 8.14. The van der Waals surface area contributed by atoms with Crippen LogP contribution in [0.5, 0.6) is 0 Å². The molecular weight excluding hydrogens is 284 g/mol. The van der Waals surface area contributed by atoms with Crippen LogP contribution >= 0.6 is 0 Å². The van der Waals surface area contributed by atoms with Crippen LogP contribution in [0.25, 0.3) is 0 Å². The Labute approximate surface area is 139 Å². The van der Waals surface area contributed by atoms with E-state index in [-0.39, 0.29) is 11.8 Å². The van der Waals surface area contributed by atoms with Gasteiger partial charge in [-0.1, -0.05) is 60.2 Å². The van der Waals surface area contributed by atoms with E-state index in [1.165, 1.54) is 11.1 Å². The van der Waals surface area contributed by atoms with Crippen molar-refractivity contribution in [2.24, 2.45) is 11.7 Å². The predicted molar refractivity (Wildman–Crippen MR) is 95.0 cm³/mol. The smallest absolute Gasteiger partial charge is 0.225 e. The molecule has 1 aliphatic heterocycles. The van der Waals surface area contributed by atoms with Crippen molar-refractivity contribution in [2.45, 2.75) is 26.3 Å². The molecule has 0 saturated carbocycles. The minimum Gasteiger partial charge on any atom is -0.345 e. The third-order valence-corrected chi connectivity index (χ3v) is 4.22. The average molecular weight is 310 g/mol. The Balaban J connectivity index is 0.000000229. The van der Waals surface area contributed by atoms with Crippen molar-refractivity contribution < 1.29 is 4.79 Å². The molecule has 0 aromatic heterocycles. The van der Waals surface area contributed by atoms with Gasteiger partial charge in [-0.3, -0.25) is 4.79 Å². The Hall–Kier alpha value is -2.13. The maximum Gasteiger partial charge on any atom is 0.225 e. The summed E-state index contributed by atoms with van der Waals surface area (Å²) in [7, 11) is 1.87. The van der Waals surface area contributed by atoms with Crippen molar-refractivity contribution in [1.29, 1.82) is 0 Å². The molecule has 0 bridgehead atoms. The third-order valence-electron chi connectivity index (χ3n) is 4.22. The molecule has 3 rings (SSSR count). The molecule has 2 aromatic rings. The van der Waals surface area contributed by atoms with Gasteiger partial charge in [0.1, 0.15) is 0 Å². The first-order valence-electron chi connectivity index (χ1n) is 8.14. The van der Waals surface area contributed by atoms with Crippen molar-refractivity contribution in [2.75, 3.05) is 13.6 Å². The fourth-order valence-electron chi connectivity index (χ4n) is 2.71. The molecule has 1 amide bonds. The number of amides is 1. The average Bonchev–Trinajstić information content (AvgIpc) is 2.89. The summed E-state index contributed by atoms with van der Waals surface area (Å²) >= 11 is 0. The van der Waals surface area contributed by atoms with Gasteiger partial charge >= 0.3 is 0 Å². The van der Waals surface area contributed by atoms with Gasteiger partial charge in [0, 0.05) is 26.1 Å². The zero-order valence-corrected chi connectivity index (χ0v) is 14.0. The Morgan fingerprint density at radius 3 is 2.09 bits per heavy atom. The first kappa shape index (κ1) is 17.2. The Morgan fingerprint density at radius 1 is 1.04 bits per heavy atom. The van der Waals surface area contributed by atoms with Gasteiger partial charge in [-0.15, -0.1) is 0 Å². The van der Waals surface area contributed by atoms with Crippen molar-refractivity contribution in [3.05, 3.63) is 71.3 Å². The van der Waals surface area contributed by atoms with Gasteiger partial charge in [0.25, 0.3) is 0 Å². The van der Waals surface area contributed by atoms with E-state index in [0.717, 1.165) is 24.9 Å². The number of rotatable bonds is 3. The zero-order valence-electron chi connectivity index (χ0n) is 14.0. The second-order valence-corrected chi connectivity index (χ2v) is 6.12. The molecule has 1 unspecified atom stereocenters. The number of hydrogen-bond acceptors (Lipinski definition) is 2. The molecule has 1 heterocycles. The number of nitrogens with zero attached hydrogens (tertiary/aromatic N) is 1. The van der Waals surface area contributed by atoms with Gasteiger partial charge < -0.3 is 10.6 Å². The van der Waals surface area contributed by atoms with E-state index in [2.05, 4.69) is 31.2 Å². The molecule has 0 spiro atoms. The van der Waals surface area contributed by atoms with E-state index < -0.39 is 0 Å². The van der Waals surface area contributed by atoms with Crippen molar-refractivity contribution in [3.8, 4) is 0 Å². The number of likely N-dealkylation sites (tertiary alicyclic amines) is 1.